The van der Waals surface area contributed by atoms with Crippen molar-refractivity contribution in [1.82, 2.24) is 4.90 Å². The molecule has 18 heavy (non-hydrogen) atoms. The summed E-state index contributed by atoms with van der Waals surface area (Å²) in [5, 5.41) is 2.02. The number of amides is 1. The predicted octanol–water partition coefficient (Wildman–Crippen LogP) is 4.19. The molecule has 0 saturated carbocycles. The summed E-state index contributed by atoms with van der Waals surface area (Å²) in [6, 6.07) is 4.60. The van der Waals surface area contributed by atoms with Gasteiger partial charge in [0.2, 0.25) is 5.91 Å². The van der Waals surface area contributed by atoms with Crippen LogP contribution in [0.4, 0.5) is 0 Å². The number of thiophene rings is 1. The maximum atomic E-state index is 12.3. The molecule has 1 rings (SSSR count). The molecular formula is C15H23NOS. The van der Waals surface area contributed by atoms with Crippen molar-refractivity contribution >= 4 is 23.3 Å². The molecule has 0 aliphatic carbocycles. The first kappa shape index (κ1) is 15.0. The van der Waals surface area contributed by atoms with Crippen molar-refractivity contribution in [3.05, 3.63) is 28.5 Å². The lowest BCUT2D eigenvalue weighted by atomic mass is 10.1. The van der Waals surface area contributed by atoms with E-state index in [-0.39, 0.29) is 5.91 Å². The summed E-state index contributed by atoms with van der Waals surface area (Å²) in [7, 11) is 0. The molecule has 1 aromatic heterocycles. The predicted molar refractivity (Wildman–Crippen MR) is 79.7 cm³/mol. The van der Waals surface area contributed by atoms with Crippen LogP contribution in [0.1, 0.15) is 45.4 Å². The van der Waals surface area contributed by atoms with Crippen LogP contribution < -0.4 is 0 Å². The van der Waals surface area contributed by atoms with Crippen LogP contribution in [0, 0.1) is 0 Å². The second-order valence-corrected chi connectivity index (χ2v) is 5.59. The van der Waals surface area contributed by atoms with Gasteiger partial charge in [-0.25, -0.2) is 0 Å². The van der Waals surface area contributed by atoms with E-state index in [1.165, 1.54) is 0 Å². The monoisotopic (exact) mass is 265 g/mol. The summed E-state index contributed by atoms with van der Waals surface area (Å²) in [4.78, 5) is 15.4. The van der Waals surface area contributed by atoms with Crippen molar-refractivity contribution in [2.75, 3.05) is 0 Å². The normalized spacial score (nSPS) is 14.7. The third-order valence-corrected chi connectivity index (χ3v) is 4.16. The van der Waals surface area contributed by atoms with Crippen LogP contribution in [0.25, 0.3) is 6.08 Å². The zero-order valence-corrected chi connectivity index (χ0v) is 12.5. The number of nitrogens with zero attached hydrogens (tertiary/aromatic N) is 1. The highest BCUT2D eigenvalue weighted by molar-refractivity contribution is 7.10. The quantitative estimate of drug-likeness (QED) is 0.706. The van der Waals surface area contributed by atoms with Crippen LogP contribution in [0.2, 0.25) is 0 Å². The molecule has 1 amide bonds. The topological polar surface area (TPSA) is 20.3 Å². The first-order valence-corrected chi connectivity index (χ1v) is 7.52. The van der Waals surface area contributed by atoms with Crippen molar-refractivity contribution in [3.8, 4) is 0 Å². The van der Waals surface area contributed by atoms with Crippen LogP contribution in [-0.2, 0) is 4.79 Å². The van der Waals surface area contributed by atoms with Crippen molar-refractivity contribution in [2.45, 2.75) is 52.6 Å². The Bertz CT molecular complexity index is 373. The highest BCUT2D eigenvalue weighted by Gasteiger charge is 2.21. The summed E-state index contributed by atoms with van der Waals surface area (Å²) >= 11 is 1.65. The molecule has 3 heteroatoms. The van der Waals surface area contributed by atoms with Gasteiger partial charge in [0.05, 0.1) is 0 Å². The van der Waals surface area contributed by atoms with E-state index in [0.29, 0.717) is 12.1 Å². The molecule has 1 heterocycles. The van der Waals surface area contributed by atoms with Gasteiger partial charge in [0.1, 0.15) is 0 Å². The Morgan fingerprint density at radius 2 is 1.94 bits per heavy atom. The molecule has 0 aliphatic heterocycles. The van der Waals surface area contributed by atoms with Gasteiger partial charge in [-0.2, -0.15) is 0 Å². The Balaban J connectivity index is 2.76. The molecule has 2 nitrogen and oxygen atoms in total. The number of carbonyl (C=O) groups is 1. The lowest BCUT2D eigenvalue weighted by Gasteiger charge is -2.33. The zero-order chi connectivity index (χ0) is 13.5. The second-order valence-electron chi connectivity index (χ2n) is 4.61. The average molecular weight is 265 g/mol. The van der Waals surface area contributed by atoms with Gasteiger partial charge in [-0.05, 0) is 44.2 Å². The van der Waals surface area contributed by atoms with Gasteiger partial charge in [-0.15, -0.1) is 11.3 Å². The Morgan fingerprint density at radius 3 is 2.39 bits per heavy atom. The van der Waals surface area contributed by atoms with Crippen LogP contribution in [-0.4, -0.2) is 22.9 Å². The second kappa shape index (κ2) is 7.37. The minimum atomic E-state index is 0.118. The molecule has 2 atom stereocenters. The molecule has 0 aromatic carbocycles. The fourth-order valence-electron chi connectivity index (χ4n) is 1.89. The molecule has 0 saturated heterocycles. The highest BCUT2D eigenvalue weighted by atomic mass is 32.1. The molecular weight excluding hydrogens is 242 g/mol. The Kier molecular flexibility index (Phi) is 6.13. The maximum Gasteiger partial charge on any atom is 0.247 e. The number of carbonyl (C=O) groups excluding carboxylic acids is 1. The third kappa shape index (κ3) is 3.98. The molecule has 0 spiro atoms. The smallest absolute Gasteiger partial charge is 0.247 e. The summed E-state index contributed by atoms with van der Waals surface area (Å²) in [5.74, 6) is 0.118. The fourth-order valence-corrected chi connectivity index (χ4v) is 2.51. The number of hydrogen-bond acceptors (Lipinski definition) is 2. The SMILES string of the molecule is CCC(C)N(C(=O)/C=C/c1cccs1)C(C)CC. The lowest BCUT2D eigenvalue weighted by Crippen LogP contribution is -2.43. The third-order valence-electron chi connectivity index (χ3n) is 3.32. The fraction of sp³-hybridized carbons (Fsp3) is 0.533. The molecule has 0 N–H and O–H groups in total. The minimum Gasteiger partial charge on any atom is -0.334 e. The molecule has 0 bridgehead atoms. The van der Waals surface area contributed by atoms with E-state index in [2.05, 4.69) is 27.7 Å². The van der Waals surface area contributed by atoms with Gasteiger partial charge in [0.15, 0.2) is 0 Å². The lowest BCUT2D eigenvalue weighted by molar-refractivity contribution is -0.130. The van der Waals surface area contributed by atoms with E-state index in [4.69, 9.17) is 0 Å². The molecule has 2 unspecified atom stereocenters. The summed E-state index contributed by atoms with van der Waals surface area (Å²) in [6.07, 6.45) is 5.58. The van der Waals surface area contributed by atoms with Gasteiger partial charge in [-0.1, -0.05) is 19.9 Å². The van der Waals surface area contributed by atoms with Gasteiger partial charge >= 0.3 is 0 Å². The summed E-state index contributed by atoms with van der Waals surface area (Å²) in [5.41, 5.74) is 0. The van der Waals surface area contributed by atoms with Gasteiger partial charge < -0.3 is 4.90 Å². The summed E-state index contributed by atoms with van der Waals surface area (Å²) < 4.78 is 0. The molecule has 0 radical (unpaired) electrons. The van der Waals surface area contributed by atoms with Crippen molar-refractivity contribution in [3.63, 3.8) is 0 Å². The molecule has 0 fully saturated rings. The Hall–Kier alpha value is -1.09. The van der Waals surface area contributed by atoms with Gasteiger partial charge in [-0.3, -0.25) is 4.79 Å². The first-order valence-electron chi connectivity index (χ1n) is 6.64. The average Bonchev–Trinajstić information content (AvgIpc) is 2.89. The number of hydrogen-bond donors (Lipinski definition) is 0. The molecule has 100 valence electrons. The van der Waals surface area contributed by atoms with Crippen LogP contribution in [0.3, 0.4) is 0 Å². The van der Waals surface area contributed by atoms with Crippen LogP contribution >= 0.6 is 11.3 Å². The Labute approximate surface area is 114 Å². The molecule has 0 aliphatic rings. The van der Waals surface area contributed by atoms with E-state index in [9.17, 15) is 4.79 Å². The standard InChI is InChI=1S/C15H23NOS/c1-5-12(3)16(13(4)6-2)15(17)10-9-14-8-7-11-18-14/h7-13H,5-6H2,1-4H3/b10-9+. The largest absolute Gasteiger partial charge is 0.334 e. The van der Waals surface area contributed by atoms with Crippen molar-refractivity contribution < 1.29 is 4.79 Å². The van der Waals surface area contributed by atoms with Crippen LogP contribution in [0.15, 0.2) is 23.6 Å². The van der Waals surface area contributed by atoms with E-state index in [1.54, 1.807) is 17.4 Å². The summed E-state index contributed by atoms with van der Waals surface area (Å²) in [6.45, 7) is 8.47. The Morgan fingerprint density at radius 1 is 1.33 bits per heavy atom. The van der Waals surface area contributed by atoms with Gasteiger partial charge in [0.25, 0.3) is 0 Å². The number of rotatable bonds is 6. The van der Waals surface area contributed by atoms with E-state index < -0.39 is 0 Å². The molecule has 1 aromatic rings. The van der Waals surface area contributed by atoms with Crippen molar-refractivity contribution in [1.29, 1.82) is 0 Å². The first-order chi connectivity index (χ1) is 8.60. The van der Waals surface area contributed by atoms with Gasteiger partial charge in [0, 0.05) is 23.0 Å². The van der Waals surface area contributed by atoms with E-state index in [1.807, 2.05) is 28.5 Å². The zero-order valence-electron chi connectivity index (χ0n) is 11.7. The highest BCUT2D eigenvalue weighted by Crippen LogP contribution is 2.15. The van der Waals surface area contributed by atoms with Crippen LogP contribution in [0.5, 0.6) is 0 Å². The van der Waals surface area contributed by atoms with E-state index in [0.717, 1.165) is 17.7 Å². The maximum absolute atomic E-state index is 12.3. The van der Waals surface area contributed by atoms with E-state index >= 15 is 0 Å². The minimum absolute atomic E-state index is 0.118. The van der Waals surface area contributed by atoms with Crippen molar-refractivity contribution in [2.24, 2.45) is 0 Å².